The zero-order valence-electron chi connectivity index (χ0n) is 8.12. The third-order valence-electron chi connectivity index (χ3n) is 1.76. The molecule has 0 fully saturated rings. The Morgan fingerprint density at radius 3 is 2.53 bits per heavy atom. The number of nitrogens with zero attached hydrogens (tertiary/aromatic N) is 3. The fourth-order valence-corrected chi connectivity index (χ4v) is 1.45. The Morgan fingerprint density at radius 2 is 1.93 bits per heavy atom. The lowest BCUT2D eigenvalue weighted by molar-refractivity contribution is 0.415. The van der Waals surface area contributed by atoms with Crippen LogP contribution in [0.4, 0.5) is 10.7 Å². The monoisotopic (exact) mass is 219 g/mol. The smallest absolute Gasteiger partial charge is 0.158 e. The number of hydrogen-bond acceptors (Lipinski definition) is 5. The number of ether oxygens (including phenoxy) is 1. The summed E-state index contributed by atoms with van der Waals surface area (Å²) in [5.41, 5.74) is 0.796. The zero-order chi connectivity index (χ0) is 10.5. The van der Waals surface area contributed by atoms with Crippen molar-refractivity contribution in [1.82, 2.24) is 4.37 Å². The Labute approximate surface area is 91.4 Å². The third kappa shape index (κ3) is 2.60. The highest BCUT2D eigenvalue weighted by atomic mass is 32.1. The average Bonchev–Trinajstić information content (AvgIpc) is 2.80. The Balaban J connectivity index is 2.11. The van der Waals surface area contributed by atoms with E-state index >= 15 is 0 Å². The molecule has 0 aliphatic heterocycles. The van der Waals surface area contributed by atoms with Crippen LogP contribution in [-0.2, 0) is 0 Å². The van der Waals surface area contributed by atoms with Crippen molar-refractivity contribution in [3.63, 3.8) is 0 Å². The van der Waals surface area contributed by atoms with Crippen LogP contribution in [0.1, 0.15) is 0 Å². The number of aromatic nitrogens is 1. The lowest BCUT2D eigenvalue weighted by Crippen LogP contribution is -1.79. The number of hydrogen-bond donors (Lipinski definition) is 0. The molecule has 1 aromatic heterocycles. The van der Waals surface area contributed by atoms with Crippen LogP contribution in [0.25, 0.3) is 0 Å². The summed E-state index contributed by atoms with van der Waals surface area (Å²) >= 11 is 1.31. The highest BCUT2D eigenvalue weighted by molar-refractivity contribution is 7.09. The first-order valence-corrected chi connectivity index (χ1v) is 5.12. The molecular formula is C10H9N3OS. The van der Waals surface area contributed by atoms with E-state index in [1.54, 1.807) is 13.3 Å². The Hall–Kier alpha value is -1.75. The summed E-state index contributed by atoms with van der Waals surface area (Å²) in [7, 11) is 1.63. The second kappa shape index (κ2) is 4.65. The summed E-state index contributed by atoms with van der Waals surface area (Å²) in [5, 5.41) is 8.89. The largest absolute Gasteiger partial charge is 0.497 e. The molecule has 0 saturated heterocycles. The van der Waals surface area contributed by atoms with Crippen LogP contribution in [0.3, 0.4) is 0 Å². The van der Waals surface area contributed by atoms with Gasteiger partial charge in [-0.3, -0.25) is 0 Å². The quantitative estimate of drug-likeness (QED) is 0.741. The predicted octanol–water partition coefficient (Wildman–Crippen LogP) is 3.57. The highest BCUT2D eigenvalue weighted by Gasteiger charge is 1.93. The van der Waals surface area contributed by atoms with Gasteiger partial charge in [-0.1, -0.05) is 0 Å². The average molecular weight is 219 g/mol. The molecule has 0 bridgehead atoms. The molecule has 0 aliphatic rings. The maximum atomic E-state index is 5.04. The molecule has 15 heavy (non-hydrogen) atoms. The first kappa shape index (κ1) is 9.79. The van der Waals surface area contributed by atoms with Gasteiger partial charge in [0.2, 0.25) is 0 Å². The third-order valence-corrected chi connectivity index (χ3v) is 2.39. The minimum atomic E-state index is 0.796. The first-order chi connectivity index (χ1) is 7.38. The van der Waals surface area contributed by atoms with Crippen LogP contribution in [0.2, 0.25) is 0 Å². The fraction of sp³-hybridized carbons (Fsp3) is 0.100. The molecule has 1 heterocycles. The lowest BCUT2D eigenvalue weighted by Gasteiger charge is -1.97. The number of methoxy groups -OCH3 is 1. The molecule has 2 aromatic rings. The van der Waals surface area contributed by atoms with E-state index in [-0.39, 0.29) is 0 Å². The van der Waals surface area contributed by atoms with E-state index in [0.717, 1.165) is 16.4 Å². The first-order valence-electron chi connectivity index (χ1n) is 4.35. The summed E-state index contributed by atoms with van der Waals surface area (Å²) in [6.45, 7) is 0. The van der Waals surface area contributed by atoms with Crippen LogP contribution in [0, 0.1) is 0 Å². The van der Waals surface area contributed by atoms with E-state index in [9.17, 15) is 0 Å². The van der Waals surface area contributed by atoms with Gasteiger partial charge >= 0.3 is 0 Å². The maximum absolute atomic E-state index is 5.04. The highest BCUT2D eigenvalue weighted by Crippen LogP contribution is 2.22. The molecule has 1 aromatic carbocycles. The van der Waals surface area contributed by atoms with Crippen LogP contribution in [0.5, 0.6) is 5.75 Å². The predicted molar refractivity (Wildman–Crippen MR) is 59.3 cm³/mol. The van der Waals surface area contributed by atoms with E-state index in [1.807, 2.05) is 30.3 Å². The molecule has 5 heteroatoms. The summed E-state index contributed by atoms with van der Waals surface area (Å²) in [6.07, 6.45) is 1.70. The van der Waals surface area contributed by atoms with Crippen molar-refractivity contribution < 1.29 is 4.74 Å². The van der Waals surface area contributed by atoms with Gasteiger partial charge in [-0.05, 0) is 41.9 Å². The van der Waals surface area contributed by atoms with E-state index in [4.69, 9.17) is 4.74 Å². The van der Waals surface area contributed by atoms with E-state index in [0.29, 0.717) is 0 Å². The molecule has 4 nitrogen and oxygen atoms in total. The molecule has 76 valence electrons. The minimum Gasteiger partial charge on any atom is -0.497 e. The standard InChI is InChI=1S/C10H9N3OS/c1-14-9-4-2-8(3-5-9)12-13-10-6-7-11-15-10/h2-7H,1H3. The molecular weight excluding hydrogens is 210 g/mol. The van der Waals surface area contributed by atoms with Crippen molar-refractivity contribution >= 4 is 22.2 Å². The second-order valence-electron chi connectivity index (χ2n) is 2.75. The molecule has 0 aliphatic carbocycles. The van der Waals surface area contributed by atoms with Crippen LogP contribution in [0.15, 0.2) is 46.8 Å². The topological polar surface area (TPSA) is 46.8 Å². The van der Waals surface area contributed by atoms with Crippen LogP contribution >= 0.6 is 11.5 Å². The number of benzene rings is 1. The van der Waals surface area contributed by atoms with Gasteiger partial charge in [0, 0.05) is 6.20 Å². The van der Waals surface area contributed by atoms with Gasteiger partial charge in [0.05, 0.1) is 12.8 Å². The molecule has 0 radical (unpaired) electrons. The van der Waals surface area contributed by atoms with Gasteiger partial charge in [-0.15, -0.1) is 10.2 Å². The Kier molecular flexibility index (Phi) is 3.04. The van der Waals surface area contributed by atoms with E-state index < -0.39 is 0 Å². The molecule has 0 amide bonds. The number of azo groups is 1. The fourth-order valence-electron chi connectivity index (χ4n) is 1.02. The molecule has 0 saturated carbocycles. The van der Waals surface area contributed by atoms with Gasteiger partial charge in [0.15, 0.2) is 5.00 Å². The van der Waals surface area contributed by atoms with Crippen LogP contribution < -0.4 is 4.74 Å². The van der Waals surface area contributed by atoms with Crippen molar-refractivity contribution in [2.45, 2.75) is 0 Å². The van der Waals surface area contributed by atoms with E-state index in [1.165, 1.54) is 11.5 Å². The summed E-state index contributed by atoms with van der Waals surface area (Å²) in [4.78, 5) is 0. The SMILES string of the molecule is COc1ccc(N=Nc2ccns2)cc1. The van der Waals surface area contributed by atoms with Gasteiger partial charge in [0.1, 0.15) is 5.75 Å². The van der Waals surface area contributed by atoms with E-state index in [2.05, 4.69) is 14.6 Å². The second-order valence-corrected chi connectivity index (χ2v) is 3.56. The van der Waals surface area contributed by atoms with Crippen LogP contribution in [-0.4, -0.2) is 11.5 Å². The lowest BCUT2D eigenvalue weighted by atomic mass is 10.3. The van der Waals surface area contributed by atoms with Crippen molar-refractivity contribution in [2.75, 3.05) is 7.11 Å². The minimum absolute atomic E-state index is 0.796. The molecule has 2 rings (SSSR count). The Bertz CT molecular complexity index is 436. The van der Waals surface area contributed by atoms with Gasteiger partial charge in [0.25, 0.3) is 0 Å². The zero-order valence-corrected chi connectivity index (χ0v) is 8.94. The molecule has 0 atom stereocenters. The van der Waals surface area contributed by atoms with Gasteiger partial charge in [-0.25, -0.2) is 0 Å². The summed E-state index contributed by atoms with van der Waals surface area (Å²) < 4.78 is 8.97. The number of rotatable bonds is 3. The molecule has 0 spiro atoms. The molecule has 0 N–H and O–H groups in total. The van der Waals surface area contributed by atoms with Crippen molar-refractivity contribution in [2.24, 2.45) is 10.2 Å². The van der Waals surface area contributed by atoms with Crippen molar-refractivity contribution in [3.05, 3.63) is 36.5 Å². The Morgan fingerprint density at radius 1 is 1.13 bits per heavy atom. The normalized spacial score (nSPS) is 10.7. The van der Waals surface area contributed by atoms with Gasteiger partial charge in [-0.2, -0.15) is 4.37 Å². The molecule has 0 unspecified atom stereocenters. The summed E-state index contributed by atoms with van der Waals surface area (Å²) in [5.74, 6) is 0.812. The maximum Gasteiger partial charge on any atom is 0.158 e. The van der Waals surface area contributed by atoms with Crippen molar-refractivity contribution in [3.8, 4) is 5.75 Å². The van der Waals surface area contributed by atoms with Gasteiger partial charge < -0.3 is 4.74 Å². The van der Waals surface area contributed by atoms with Crippen molar-refractivity contribution in [1.29, 1.82) is 0 Å². The summed E-state index contributed by atoms with van der Waals surface area (Å²) in [6, 6.07) is 9.21.